The van der Waals surface area contributed by atoms with Gasteiger partial charge in [-0.2, -0.15) is 0 Å². The molecular weight excluding hydrogens is 1060 g/mol. The molecule has 0 unspecified atom stereocenters. The van der Waals surface area contributed by atoms with Crippen LogP contribution in [0.3, 0.4) is 0 Å². The summed E-state index contributed by atoms with van der Waals surface area (Å²) >= 11 is 3.96. The zero-order valence-electron chi connectivity index (χ0n) is 31.5. The number of hydrogen-bond donors (Lipinski definition) is 0. The third-order valence-corrected chi connectivity index (χ3v) is 16.7. The quantitative estimate of drug-likeness (QED) is 0.159. The fraction of sp³-hybridized carbons (Fsp3) is 0.324. The molecule has 312 valence electrons. The van der Waals surface area contributed by atoms with Gasteiger partial charge in [-0.3, -0.25) is 4.79 Å². The summed E-state index contributed by atoms with van der Waals surface area (Å²) in [5.74, 6) is -1.99. The van der Waals surface area contributed by atoms with Gasteiger partial charge in [0.05, 0.1) is 42.3 Å². The van der Waals surface area contributed by atoms with Crippen LogP contribution in [0.15, 0.2) is 80.2 Å². The van der Waals surface area contributed by atoms with E-state index < -0.39 is 56.8 Å². The molecule has 0 radical (unpaired) electrons. The van der Waals surface area contributed by atoms with E-state index in [2.05, 4.69) is 0 Å². The molecule has 13 nitrogen and oxygen atoms in total. The van der Waals surface area contributed by atoms with Crippen molar-refractivity contribution in [2.75, 3.05) is 97.0 Å². The molecule has 6 rings (SSSR count). The molecule has 0 N–H and O–H groups in total. The average molecular weight is 1100 g/mol. The van der Waals surface area contributed by atoms with Gasteiger partial charge in [0.1, 0.15) is 11.6 Å². The van der Waals surface area contributed by atoms with E-state index in [0.29, 0.717) is 70.9 Å². The molecule has 0 bridgehead atoms. The first kappa shape index (κ1) is 44.4. The Morgan fingerprint density at radius 2 is 0.724 bits per heavy atom. The number of piperazine rings is 2. The van der Waals surface area contributed by atoms with E-state index in [1.807, 2.05) is 55.0 Å². The van der Waals surface area contributed by atoms with Crippen molar-refractivity contribution in [3.63, 3.8) is 0 Å². The first-order chi connectivity index (χ1) is 26.8. The summed E-state index contributed by atoms with van der Waals surface area (Å²) in [6.45, 7) is 2.37. The van der Waals surface area contributed by atoms with Gasteiger partial charge in [0.2, 0.25) is 0 Å². The van der Waals surface area contributed by atoms with Crippen molar-refractivity contribution in [3.05, 3.63) is 90.6 Å². The zero-order chi connectivity index (χ0) is 42.7. The predicted molar refractivity (Wildman–Crippen MR) is 236 cm³/mol. The van der Waals surface area contributed by atoms with E-state index in [9.17, 15) is 38.5 Å². The van der Waals surface area contributed by atoms with Crippen molar-refractivity contribution >= 4 is 113 Å². The van der Waals surface area contributed by atoms with Gasteiger partial charge in [-0.1, -0.05) is 0 Å². The molecule has 2 aliphatic heterocycles. The fourth-order valence-corrected chi connectivity index (χ4v) is 11.2. The molecule has 2 aliphatic rings. The summed E-state index contributed by atoms with van der Waals surface area (Å²) in [6, 6.07) is 13.0. The second-order valence-corrected chi connectivity index (χ2v) is 24.4. The molecule has 0 spiro atoms. The normalized spacial score (nSPS) is 15.9. The average Bonchev–Trinajstić information content (AvgIpc) is 3.13. The molecule has 0 atom stereocenters. The number of halogens is 4. The van der Waals surface area contributed by atoms with Crippen LogP contribution < -0.4 is 19.6 Å². The van der Waals surface area contributed by atoms with E-state index in [0.717, 1.165) is 37.2 Å². The van der Waals surface area contributed by atoms with Crippen LogP contribution in [0.5, 0.6) is 0 Å². The van der Waals surface area contributed by atoms with Crippen LogP contribution in [-0.2, 0) is 39.3 Å². The van der Waals surface area contributed by atoms with Crippen molar-refractivity contribution in [3.8, 4) is 0 Å². The maximum atomic E-state index is 15.1. The second kappa shape index (κ2) is 16.4. The molecule has 2 fully saturated rings. The van der Waals surface area contributed by atoms with Crippen molar-refractivity contribution in [1.82, 2.24) is 0 Å². The van der Waals surface area contributed by atoms with Crippen LogP contribution in [0, 0.1) is 18.8 Å². The molecule has 2 saturated heterocycles. The van der Waals surface area contributed by atoms with Gasteiger partial charge in [-0.25, -0.2) is 42.5 Å². The Morgan fingerprint density at radius 1 is 0.448 bits per heavy atom. The van der Waals surface area contributed by atoms with E-state index in [4.69, 9.17) is 0 Å². The monoisotopic (exact) mass is 1100 g/mol. The van der Waals surface area contributed by atoms with Crippen molar-refractivity contribution in [1.29, 1.82) is 0 Å². The minimum absolute atomic E-state index is 0.0377. The molecule has 4 aromatic rings. The number of sulfone groups is 4. The van der Waals surface area contributed by atoms with Crippen molar-refractivity contribution < 1.29 is 47.2 Å². The first-order valence-corrected chi connectivity index (χ1v) is 27.2. The van der Waals surface area contributed by atoms with Crippen molar-refractivity contribution in [2.24, 2.45) is 0 Å². The summed E-state index contributed by atoms with van der Waals surface area (Å²) in [4.78, 5) is 21.4. The Hall–Kier alpha value is -3.13. The second-order valence-electron chi connectivity index (χ2n) is 14.2. The highest BCUT2D eigenvalue weighted by atomic mass is 127. The summed E-state index contributed by atoms with van der Waals surface area (Å²) in [5, 5.41) is 0. The van der Waals surface area contributed by atoms with E-state index >= 15 is 8.78 Å². The zero-order valence-corrected chi connectivity index (χ0v) is 39.1. The Balaban J connectivity index is 1.32. The number of rotatable bonds is 10. The van der Waals surface area contributed by atoms with Crippen LogP contribution in [0.2, 0.25) is 0 Å². The SMILES string of the molecule is CS(=O)(=O)c1ccc(N2CCN(c3cc(S(C)(=O)=O)cc(C(=O)c4cc(S(C)(=O)=O)cc(N5CCN(c6ccc(S(C)(=O)=O)cc6F)CC5)c4I)c3I)CC2)c(F)c1. The van der Waals surface area contributed by atoms with Crippen molar-refractivity contribution in [2.45, 2.75) is 19.6 Å². The lowest BCUT2D eigenvalue weighted by Crippen LogP contribution is -2.47. The van der Waals surface area contributed by atoms with Crippen LogP contribution in [-0.4, -0.2) is 117 Å². The molecule has 21 heteroatoms. The molecule has 0 aromatic heterocycles. The maximum Gasteiger partial charge on any atom is 0.195 e. The Morgan fingerprint density at radius 3 is 0.983 bits per heavy atom. The lowest BCUT2D eigenvalue weighted by molar-refractivity contribution is 0.103. The number of ketones is 1. The summed E-state index contributed by atoms with van der Waals surface area (Å²) in [6.07, 6.45) is 4.03. The van der Waals surface area contributed by atoms with Crippen LogP contribution in [0.4, 0.5) is 31.5 Å². The lowest BCUT2D eigenvalue weighted by Gasteiger charge is -2.38. The lowest BCUT2D eigenvalue weighted by atomic mass is 10.0. The molecule has 0 saturated carbocycles. The van der Waals surface area contributed by atoms with E-state index in [-0.39, 0.29) is 42.1 Å². The minimum atomic E-state index is -3.86. The number of carbonyl (C=O) groups excluding carboxylic acids is 1. The first-order valence-electron chi connectivity index (χ1n) is 17.5. The van der Waals surface area contributed by atoms with Gasteiger partial charge in [-0.05, 0) is 106 Å². The van der Waals surface area contributed by atoms with Gasteiger partial charge >= 0.3 is 0 Å². The molecule has 4 aromatic carbocycles. The molecular formula is C37H38F2I2N4O9S4. The molecule has 0 aliphatic carbocycles. The molecule has 0 amide bonds. The number of nitrogens with zero attached hydrogens (tertiary/aromatic N) is 4. The van der Waals surface area contributed by atoms with Gasteiger partial charge in [0, 0.05) is 95.6 Å². The van der Waals surface area contributed by atoms with Gasteiger partial charge in [0.25, 0.3) is 0 Å². The van der Waals surface area contributed by atoms with Crippen LogP contribution in [0.1, 0.15) is 15.9 Å². The smallest absolute Gasteiger partial charge is 0.195 e. The number of carbonyl (C=O) groups is 1. The summed E-state index contributed by atoms with van der Waals surface area (Å²) < 4.78 is 131. The highest BCUT2D eigenvalue weighted by Gasteiger charge is 2.30. The highest BCUT2D eigenvalue weighted by Crippen LogP contribution is 2.37. The third-order valence-electron chi connectivity index (χ3n) is 10.0. The summed E-state index contributed by atoms with van der Waals surface area (Å²) in [7, 11) is -14.9. The Kier molecular flexibility index (Phi) is 12.5. The maximum absolute atomic E-state index is 15.1. The third kappa shape index (κ3) is 9.42. The fourth-order valence-electron chi connectivity index (χ4n) is 6.86. The van der Waals surface area contributed by atoms with Crippen LogP contribution in [0.25, 0.3) is 0 Å². The van der Waals surface area contributed by atoms with Gasteiger partial charge < -0.3 is 19.6 Å². The predicted octanol–water partition coefficient (Wildman–Crippen LogP) is 4.67. The standard InChI is InChI=1S/C37H38F2I2N4O9S4/c1-55(47,48)23-5-7-31(29(38)19-23)42-9-13-44(14-10-42)33-21-25(57(3,51)52)17-27(35(33)40)37(46)28-18-26(58(4,53)54)22-34(36(28)41)45-15-11-43(12-16-45)32-8-6-24(20-30(32)39)56(2,49)50/h5-8,17-22H,9-16H2,1-4H3. The van der Waals surface area contributed by atoms with Crippen LogP contribution >= 0.6 is 45.2 Å². The van der Waals surface area contributed by atoms with E-state index in [1.165, 1.54) is 48.5 Å². The number of benzene rings is 4. The topological polar surface area (TPSA) is 167 Å². The number of hydrogen-bond acceptors (Lipinski definition) is 13. The summed E-state index contributed by atoms with van der Waals surface area (Å²) in [5.41, 5.74) is 1.40. The van der Waals surface area contributed by atoms with E-state index in [1.54, 1.807) is 9.80 Å². The number of anilines is 4. The molecule has 58 heavy (non-hydrogen) atoms. The Bertz CT molecular complexity index is 2610. The minimum Gasteiger partial charge on any atom is -0.367 e. The highest BCUT2D eigenvalue weighted by molar-refractivity contribution is 14.1. The molecule has 2 heterocycles. The van der Waals surface area contributed by atoms with Gasteiger partial charge in [0.15, 0.2) is 45.1 Å². The van der Waals surface area contributed by atoms with Gasteiger partial charge in [-0.15, -0.1) is 0 Å². The largest absolute Gasteiger partial charge is 0.367 e. The Labute approximate surface area is 364 Å².